The first kappa shape index (κ1) is 12.0. The zero-order valence-electron chi connectivity index (χ0n) is 9.12. The van der Waals surface area contributed by atoms with E-state index in [9.17, 15) is 8.42 Å². The van der Waals surface area contributed by atoms with Crippen molar-refractivity contribution in [1.82, 2.24) is 5.32 Å². The lowest BCUT2D eigenvalue weighted by atomic mass is 9.95. The highest BCUT2D eigenvalue weighted by Gasteiger charge is 2.33. The molecular formula is C10H21NO2S. The Morgan fingerprint density at radius 3 is 2.50 bits per heavy atom. The lowest BCUT2D eigenvalue weighted by Gasteiger charge is -2.30. The highest BCUT2D eigenvalue weighted by atomic mass is 32.2. The van der Waals surface area contributed by atoms with Gasteiger partial charge >= 0.3 is 0 Å². The van der Waals surface area contributed by atoms with Gasteiger partial charge in [0, 0.05) is 6.04 Å². The average molecular weight is 219 g/mol. The fourth-order valence-corrected chi connectivity index (χ4v) is 4.46. The molecule has 1 fully saturated rings. The van der Waals surface area contributed by atoms with E-state index in [0.717, 1.165) is 32.1 Å². The highest BCUT2D eigenvalue weighted by molar-refractivity contribution is 7.92. The Kier molecular flexibility index (Phi) is 4.38. The molecule has 3 nitrogen and oxygen atoms in total. The standard InChI is InChI=1S/C10H21NO2S/c1-3-8-14(12,13)10-7-5-4-6-9(10)11-2/h9-11H,3-8H2,1-2H3. The molecule has 0 amide bonds. The van der Waals surface area contributed by atoms with Gasteiger partial charge in [-0.15, -0.1) is 0 Å². The summed E-state index contributed by atoms with van der Waals surface area (Å²) in [5.74, 6) is 0.343. The molecular weight excluding hydrogens is 198 g/mol. The molecule has 0 aromatic carbocycles. The summed E-state index contributed by atoms with van der Waals surface area (Å²) < 4.78 is 23.8. The van der Waals surface area contributed by atoms with Crippen molar-refractivity contribution in [3.63, 3.8) is 0 Å². The van der Waals surface area contributed by atoms with Crippen molar-refractivity contribution in [3.05, 3.63) is 0 Å². The van der Waals surface area contributed by atoms with Gasteiger partial charge in [-0.05, 0) is 26.3 Å². The predicted octanol–water partition coefficient (Wildman–Crippen LogP) is 1.34. The Hall–Kier alpha value is -0.0900. The van der Waals surface area contributed by atoms with Gasteiger partial charge in [0.05, 0.1) is 11.0 Å². The first-order valence-electron chi connectivity index (χ1n) is 5.50. The molecule has 1 N–H and O–H groups in total. The Labute approximate surface area is 87.2 Å². The molecule has 4 heteroatoms. The van der Waals surface area contributed by atoms with Gasteiger partial charge in [-0.1, -0.05) is 19.8 Å². The van der Waals surface area contributed by atoms with E-state index in [-0.39, 0.29) is 11.3 Å². The smallest absolute Gasteiger partial charge is 0.154 e. The summed E-state index contributed by atoms with van der Waals surface area (Å²) in [6.45, 7) is 1.93. The lowest BCUT2D eigenvalue weighted by molar-refractivity contribution is 0.389. The van der Waals surface area contributed by atoms with E-state index < -0.39 is 9.84 Å². The van der Waals surface area contributed by atoms with E-state index in [1.54, 1.807) is 0 Å². The van der Waals surface area contributed by atoms with Crippen molar-refractivity contribution in [1.29, 1.82) is 0 Å². The second kappa shape index (κ2) is 5.12. The van der Waals surface area contributed by atoms with Gasteiger partial charge in [0.25, 0.3) is 0 Å². The van der Waals surface area contributed by atoms with Gasteiger partial charge in [-0.3, -0.25) is 0 Å². The first-order chi connectivity index (χ1) is 6.61. The minimum absolute atomic E-state index is 0.138. The second-order valence-electron chi connectivity index (χ2n) is 4.09. The Morgan fingerprint density at radius 1 is 1.29 bits per heavy atom. The fourth-order valence-electron chi connectivity index (χ4n) is 2.29. The highest BCUT2D eigenvalue weighted by Crippen LogP contribution is 2.25. The van der Waals surface area contributed by atoms with Crippen LogP contribution < -0.4 is 5.32 Å². The summed E-state index contributed by atoms with van der Waals surface area (Å²) in [6.07, 6.45) is 4.79. The van der Waals surface area contributed by atoms with Gasteiger partial charge in [-0.2, -0.15) is 0 Å². The maximum absolute atomic E-state index is 11.9. The largest absolute Gasteiger partial charge is 0.316 e. The summed E-state index contributed by atoms with van der Waals surface area (Å²) in [5, 5.41) is 3.00. The molecule has 0 bridgehead atoms. The van der Waals surface area contributed by atoms with Crippen LogP contribution in [0.2, 0.25) is 0 Å². The third-order valence-corrected chi connectivity index (χ3v) is 5.49. The Bertz CT molecular complexity index is 261. The average Bonchev–Trinajstić information content (AvgIpc) is 2.18. The SMILES string of the molecule is CCCS(=O)(=O)C1CCCCC1NC. The monoisotopic (exact) mass is 219 g/mol. The molecule has 0 saturated heterocycles. The van der Waals surface area contributed by atoms with E-state index in [0.29, 0.717) is 5.75 Å². The molecule has 1 rings (SSSR count). The van der Waals surface area contributed by atoms with E-state index in [2.05, 4.69) is 5.32 Å². The van der Waals surface area contributed by atoms with Crippen LogP contribution in [0.15, 0.2) is 0 Å². The normalized spacial score (nSPS) is 29.0. The topological polar surface area (TPSA) is 46.2 Å². The fraction of sp³-hybridized carbons (Fsp3) is 1.00. The molecule has 0 heterocycles. The van der Waals surface area contributed by atoms with Crippen molar-refractivity contribution < 1.29 is 8.42 Å². The van der Waals surface area contributed by atoms with Crippen LogP contribution in [0.3, 0.4) is 0 Å². The second-order valence-corrected chi connectivity index (χ2v) is 6.42. The lowest BCUT2D eigenvalue weighted by Crippen LogP contribution is -2.45. The minimum atomic E-state index is -2.86. The van der Waals surface area contributed by atoms with Crippen LogP contribution in [0.4, 0.5) is 0 Å². The van der Waals surface area contributed by atoms with Crippen LogP contribution in [0, 0.1) is 0 Å². The molecule has 14 heavy (non-hydrogen) atoms. The zero-order chi connectivity index (χ0) is 10.6. The molecule has 0 aromatic rings. The third-order valence-electron chi connectivity index (χ3n) is 3.02. The van der Waals surface area contributed by atoms with Gasteiger partial charge in [0.2, 0.25) is 0 Å². The van der Waals surface area contributed by atoms with Crippen LogP contribution in [-0.2, 0) is 9.84 Å². The summed E-state index contributed by atoms with van der Waals surface area (Å²) in [4.78, 5) is 0. The van der Waals surface area contributed by atoms with Gasteiger partial charge in [0.15, 0.2) is 9.84 Å². The third kappa shape index (κ3) is 2.70. The molecule has 2 unspecified atom stereocenters. The molecule has 2 atom stereocenters. The summed E-state index contributed by atoms with van der Waals surface area (Å²) in [7, 11) is -0.992. The van der Waals surface area contributed by atoms with Gasteiger partial charge in [0.1, 0.15) is 0 Å². The van der Waals surface area contributed by atoms with Crippen LogP contribution in [0.5, 0.6) is 0 Å². The van der Waals surface area contributed by atoms with Crippen LogP contribution >= 0.6 is 0 Å². The number of sulfone groups is 1. The van der Waals surface area contributed by atoms with Gasteiger partial charge in [-0.25, -0.2) is 8.42 Å². The van der Waals surface area contributed by atoms with Crippen molar-refractivity contribution in [2.24, 2.45) is 0 Å². The Morgan fingerprint density at radius 2 is 1.93 bits per heavy atom. The maximum atomic E-state index is 11.9. The predicted molar refractivity (Wildman–Crippen MR) is 59.2 cm³/mol. The van der Waals surface area contributed by atoms with E-state index in [4.69, 9.17) is 0 Å². The number of rotatable bonds is 4. The molecule has 1 aliphatic rings. The number of nitrogens with one attached hydrogen (secondary N) is 1. The van der Waals surface area contributed by atoms with E-state index in [1.165, 1.54) is 0 Å². The summed E-state index contributed by atoms with van der Waals surface area (Å²) >= 11 is 0. The van der Waals surface area contributed by atoms with Crippen molar-refractivity contribution >= 4 is 9.84 Å². The van der Waals surface area contributed by atoms with E-state index in [1.807, 2.05) is 14.0 Å². The molecule has 0 aliphatic heterocycles. The molecule has 0 aromatic heterocycles. The van der Waals surface area contributed by atoms with Crippen molar-refractivity contribution in [3.8, 4) is 0 Å². The zero-order valence-corrected chi connectivity index (χ0v) is 9.94. The number of hydrogen-bond acceptors (Lipinski definition) is 3. The Balaban J connectivity index is 2.72. The van der Waals surface area contributed by atoms with Gasteiger partial charge < -0.3 is 5.32 Å². The van der Waals surface area contributed by atoms with Crippen molar-refractivity contribution in [2.45, 2.75) is 50.3 Å². The van der Waals surface area contributed by atoms with E-state index >= 15 is 0 Å². The maximum Gasteiger partial charge on any atom is 0.154 e. The molecule has 0 spiro atoms. The summed E-state index contributed by atoms with van der Waals surface area (Å²) in [6, 6.07) is 0.181. The quantitative estimate of drug-likeness (QED) is 0.776. The van der Waals surface area contributed by atoms with Crippen molar-refractivity contribution in [2.75, 3.05) is 12.8 Å². The molecule has 1 aliphatic carbocycles. The molecule has 0 radical (unpaired) electrons. The van der Waals surface area contributed by atoms with Crippen LogP contribution in [-0.4, -0.2) is 32.5 Å². The van der Waals surface area contributed by atoms with Crippen LogP contribution in [0.25, 0.3) is 0 Å². The number of hydrogen-bond donors (Lipinski definition) is 1. The molecule has 1 saturated carbocycles. The summed E-state index contributed by atoms with van der Waals surface area (Å²) in [5.41, 5.74) is 0. The van der Waals surface area contributed by atoms with Crippen LogP contribution in [0.1, 0.15) is 39.0 Å². The minimum Gasteiger partial charge on any atom is -0.316 e. The molecule has 84 valence electrons. The first-order valence-corrected chi connectivity index (χ1v) is 7.22.